The maximum atomic E-state index is 8.81. The van der Waals surface area contributed by atoms with Crippen molar-refractivity contribution in [1.29, 1.82) is 0 Å². The zero-order chi connectivity index (χ0) is 19.5. The summed E-state index contributed by atoms with van der Waals surface area (Å²) in [6.07, 6.45) is 14.5. The lowest BCUT2D eigenvalue weighted by Crippen LogP contribution is -2.19. The molecular formula is C21H32O4. The summed E-state index contributed by atoms with van der Waals surface area (Å²) in [5.41, 5.74) is 5.66. The first-order valence-corrected chi connectivity index (χ1v) is 8.53. The third kappa shape index (κ3) is 10.4. The monoisotopic (exact) mass is 348 g/mol. The number of hydrogen-bond donors (Lipinski definition) is 3. The van der Waals surface area contributed by atoms with Gasteiger partial charge in [-0.15, -0.1) is 0 Å². The topological polar surface area (TPSA) is 77.8 Å². The van der Waals surface area contributed by atoms with Crippen LogP contribution in [0.1, 0.15) is 53.9 Å². The number of allylic oxidation sites excluding steroid dienone is 9. The molecule has 140 valence electrons. The van der Waals surface area contributed by atoms with Gasteiger partial charge >= 0.3 is 6.16 Å². The van der Waals surface area contributed by atoms with Gasteiger partial charge in [-0.3, -0.25) is 0 Å². The van der Waals surface area contributed by atoms with Gasteiger partial charge in [0.2, 0.25) is 0 Å². The van der Waals surface area contributed by atoms with Gasteiger partial charge in [0.25, 0.3) is 0 Å². The number of aliphatic hydroxyl groups is 1. The first-order valence-electron chi connectivity index (χ1n) is 8.53. The van der Waals surface area contributed by atoms with Crippen LogP contribution in [-0.2, 0) is 0 Å². The zero-order valence-corrected chi connectivity index (χ0v) is 16.0. The van der Waals surface area contributed by atoms with Crippen molar-refractivity contribution in [3.8, 4) is 0 Å². The molecule has 0 aromatic carbocycles. The summed E-state index contributed by atoms with van der Waals surface area (Å²) in [4.78, 5) is 8.56. The van der Waals surface area contributed by atoms with E-state index in [0.29, 0.717) is 5.41 Å². The smallest absolute Gasteiger partial charge is 0.450 e. The van der Waals surface area contributed by atoms with Crippen LogP contribution in [0.3, 0.4) is 0 Å². The summed E-state index contributed by atoms with van der Waals surface area (Å²) in [6.45, 7) is 11.2. The average molecular weight is 348 g/mol. The highest BCUT2D eigenvalue weighted by Crippen LogP contribution is 2.40. The van der Waals surface area contributed by atoms with E-state index in [0.717, 1.165) is 5.57 Å². The van der Waals surface area contributed by atoms with Crippen LogP contribution >= 0.6 is 0 Å². The Kier molecular flexibility index (Phi) is 10.5. The molecule has 3 N–H and O–H groups in total. The van der Waals surface area contributed by atoms with E-state index >= 15 is 0 Å². The molecule has 0 radical (unpaired) electrons. The van der Waals surface area contributed by atoms with Crippen LogP contribution in [0.2, 0.25) is 0 Å². The Morgan fingerprint density at radius 2 is 1.76 bits per heavy atom. The standard InChI is InChI=1S/C20H30O.CH2O3/c1-16(8-6-9-17(2)13-15-21)11-12-19-18(3)10-7-14-20(19,4)5;2-1(3)4/h6,8-9,11-13,21H,7,10,14-15H2,1-5H3;(H2,2,3,4). The fourth-order valence-electron chi connectivity index (χ4n) is 2.84. The third-order valence-corrected chi connectivity index (χ3v) is 4.19. The van der Waals surface area contributed by atoms with Crippen molar-refractivity contribution in [3.05, 3.63) is 58.7 Å². The number of carbonyl (C=O) groups is 1. The van der Waals surface area contributed by atoms with Gasteiger partial charge in [0.15, 0.2) is 0 Å². The largest absolute Gasteiger partial charge is 0.503 e. The van der Waals surface area contributed by atoms with E-state index in [1.54, 1.807) is 6.08 Å². The lowest BCUT2D eigenvalue weighted by molar-refractivity contribution is 0.137. The van der Waals surface area contributed by atoms with Crippen LogP contribution in [0.15, 0.2) is 58.7 Å². The van der Waals surface area contributed by atoms with Crippen molar-refractivity contribution < 1.29 is 20.1 Å². The molecule has 0 amide bonds. The van der Waals surface area contributed by atoms with Crippen LogP contribution in [0.25, 0.3) is 0 Å². The molecular weight excluding hydrogens is 316 g/mol. The minimum atomic E-state index is -1.83. The molecule has 4 nitrogen and oxygen atoms in total. The van der Waals surface area contributed by atoms with E-state index in [2.05, 4.69) is 45.9 Å². The summed E-state index contributed by atoms with van der Waals surface area (Å²) in [6, 6.07) is 0. The summed E-state index contributed by atoms with van der Waals surface area (Å²) < 4.78 is 0. The van der Waals surface area contributed by atoms with E-state index < -0.39 is 6.16 Å². The Morgan fingerprint density at radius 3 is 2.28 bits per heavy atom. The summed E-state index contributed by atoms with van der Waals surface area (Å²) in [7, 11) is 0. The third-order valence-electron chi connectivity index (χ3n) is 4.19. The molecule has 1 aliphatic carbocycles. The molecule has 0 unspecified atom stereocenters. The first-order chi connectivity index (χ1) is 11.6. The van der Waals surface area contributed by atoms with Gasteiger partial charge in [0.05, 0.1) is 6.61 Å². The minimum Gasteiger partial charge on any atom is -0.450 e. The van der Waals surface area contributed by atoms with Gasteiger partial charge < -0.3 is 15.3 Å². The molecule has 0 atom stereocenters. The second-order valence-electron chi connectivity index (χ2n) is 6.95. The van der Waals surface area contributed by atoms with Gasteiger partial charge in [-0.2, -0.15) is 0 Å². The molecule has 0 heterocycles. The Bertz CT molecular complexity index is 583. The normalized spacial score (nSPS) is 18.5. The molecule has 1 rings (SSSR count). The highest BCUT2D eigenvalue weighted by atomic mass is 16.6. The van der Waals surface area contributed by atoms with Gasteiger partial charge in [-0.1, -0.05) is 67.0 Å². The van der Waals surface area contributed by atoms with E-state index in [-0.39, 0.29) is 6.61 Å². The molecule has 0 fully saturated rings. The second kappa shape index (κ2) is 11.5. The zero-order valence-electron chi connectivity index (χ0n) is 16.0. The highest BCUT2D eigenvalue weighted by Gasteiger charge is 2.26. The van der Waals surface area contributed by atoms with Gasteiger partial charge in [-0.25, -0.2) is 4.79 Å². The van der Waals surface area contributed by atoms with E-state index in [1.165, 1.54) is 36.0 Å². The van der Waals surface area contributed by atoms with Crippen molar-refractivity contribution in [3.63, 3.8) is 0 Å². The van der Waals surface area contributed by atoms with Crippen molar-refractivity contribution >= 4 is 6.16 Å². The summed E-state index contributed by atoms with van der Waals surface area (Å²) >= 11 is 0. The molecule has 0 aliphatic heterocycles. The fourth-order valence-corrected chi connectivity index (χ4v) is 2.84. The number of carboxylic acid groups (broad SMARTS) is 2. The van der Waals surface area contributed by atoms with Gasteiger partial charge in [-0.05, 0) is 51.0 Å². The number of hydrogen-bond acceptors (Lipinski definition) is 2. The quantitative estimate of drug-likeness (QED) is 0.554. The molecule has 0 bridgehead atoms. The average Bonchev–Trinajstić information content (AvgIpc) is 2.45. The van der Waals surface area contributed by atoms with Crippen LogP contribution < -0.4 is 0 Å². The predicted molar refractivity (Wildman–Crippen MR) is 104 cm³/mol. The summed E-state index contributed by atoms with van der Waals surface area (Å²) in [5, 5.41) is 22.8. The molecule has 0 spiro atoms. The maximum absolute atomic E-state index is 8.81. The molecule has 0 saturated carbocycles. The number of rotatable bonds is 5. The molecule has 25 heavy (non-hydrogen) atoms. The minimum absolute atomic E-state index is 0.0985. The van der Waals surface area contributed by atoms with Crippen LogP contribution in [-0.4, -0.2) is 28.1 Å². The van der Waals surface area contributed by atoms with Crippen molar-refractivity contribution in [2.45, 2.75) is 53.9 Å². The lowest BCUT2D eigenvalue weighted by Gasteiger charge is -2.32. The van der Waals surface area contributed by atoms with E-state index in [4.69, 9.17) is 20.1 Å². The Hall–Kier alpha value is -2.07. The van der Waals surface area contributed by atoms with E-state index in [9.17, 15) is 0 Å². The van der Waals surface area contributed by atoms with Gasteiger partial charge in [0, 0.05) is 0 Å². The highest BCUT2D eigenvalue weighted by molar-refractivity contribution is 5.53. The van der Waals surface area contributed by atoms with Gasteiger partial charge in [0.1, 0.15) is 0 Å². The predicted octanol–water partition coefficient (Wildman–Crippen LogP) is 5.73. The molecule has 4 heteroatoms. The van der Waals surface area contributed by atoms with Crippen LogP contribution in [0.5, 0.6) is 0 Å². The Balaban J connectivity index is 0.00000129. The molecule has 1 aliphatic rings. The second-order valence-corrected chi connectivity index (χ2v) is 6.95. The van der Waals surface area contributed by atoms with Crippen LogP contribution in [0.4, 0.5) is 4.79 Å². The Labute approximate surface area is 151 Å². The molecule has 0 aromatic rings. The fraction of sp³-hybridized carbons (Fsp3) is 0.476. The van der Waals surface area contributed by atoms with Crippen molar-refractivity contribution in [2.24, 2.45) is 5.41 Å². The SMILES string of the molecule is CC(C=CC1=C(C)CCCC1(C)C)=CC=CC(C)=CCO.O=C(O)O. The van der Waals surface area contributed by atoms with Crippen molar-refractivity contribution in [2.75, 3.05) is 6.61 Å². The van der Waals surface area contributed by atoms with Crippen molar-refractivity contribution in [1.82, 2.24) is 0 Å². The first kappa shape index (κ1) is 22.9. The number of aliphatic hydroxyl groups excluding tert-OH is 1. The van der Waals surface area contributed by atoms with E-state index in [1.807, 2.05) is 19.1 Å². The maximum Gasteiger partial charge on any atom is 0.503 e. The molecule has 0 saturated heterocycles. The lowest BCUT2D eigenvalue weighted by atomic mass is 9.72. The van der Waals surface area contributed by atoms with Crippen LogP contribution in [0, 0.1) is 5.41 Å². The molecule has 0 aromatic heterocycles. The summed E-state index contributed by atoms with van der Waals surface area (Å²) in [5.74, 6) is 0. The Morgan fingerprint density at radius 1 is 1.16 bits per heavy atom.